The van der Waals surface area contributed by atoms with Gasteiger partial charge in [0.25, 0.3) is 26.0 Å². The van der Waals surface area contributed by atoms with Crippen LogP contribution in [-0.2, 0) is 44.0 Å². The number of Topliss-reactive ketones (excluding diaryl/α,β-unsaturated/α-hetero) is 1. The predicted octanol–water partition coefficient (Wildman–Crippen LogP) is 6.79. The van der Waals surface area contributed by atoms with Crippen LogP contribution in [0.5, 0.6) is 0 Å². The van der Waals surface area contributed by atoms with Crippen molar-refractivity contribution in [3.63, 3.8) is 0 Å². The Kier molecular flexibility index (Phi) is 30.1. The molecule has 0 spiro atoms. The second kappa shape index (κ2) is 33.7. The van der Waals surface area contributed by atoms with Crippen molar-refractivity contribution in [3.05, 3.63) is 61.4 Å². The fourth-order valence-corrected chi connectivity index (χ4v) is 12.5. The molecule has 4 heterocycles. The second-order valence-electron chi connectivity index (χ2n) is 28.0. The third-order valence-electron chi connectivity index (χ3n) is 16.2. The van der Waals surface area contributed by atoms with Gasteiger partial charge in [0, 0.05) is 77.3 Å². The number of hydrogen-bond donors (Lipinski definition) is 7. The number of alkyl carbamates (subject to hydrolysis) is 1. The molecule has 2 aromatic heterocycles. The zero-order valence-corrected chi connectivity index (χ0v) is 57.9. The number of pyridine rings is 2. The van der Waals surface area contributed by atoms with Gasteiger partial charge in [-0.25, -0.2) is 36.4 Å². The van der Waals surface area contributed by atoms with Crippen LogP contribution in [0.1, 0.15) is 155 Å². The standard InChI is InChI=1S/C38H59N7O7S.C12H21N3O2S.C12H26N2O2.ClH/c1-8-21-40-34(48)32(46)26-18-14-12-10-9-11-13-15-19-27(35(49)45-23-25-30(38(25,5)6)31(45)33(47)41-26)42-36(50)43-28(37(2,3)4)24-44(7)53(51,52)29-20-16-17-22-39-29;1-12(2,3)10(13)9-15(4)18(16,17)11-7-5-6-8-14-11;1-11(2,3)9(8-13-7)14-10(15)16-12(4,5)6;/h8,16-17,20,22,25-28,30-31H,1,9-15,18-19,21,23-24H2,2-7H3,(H,40,48)(H,41,47)(H2,42,43,50);5-8,10H,9,13H2,1-4H3;9,13H,8H2,1-7H3,(H,14,15);1H/t25-,26-,27-,28+,30-,31-;10-;9-;/m011./s1. The number of rotatable bonds is 17. The normalized spacial score (nSPS) is 21.3. The zero-order chi connectivity index (χ0) is 66.1. The third kappa shape index (κ3) is 23.8. The zero-order valence-electron chi connectivity index (χ0n) is 55.5. The maximum absolute atomic E-state index is 14.4. The second-order valence-corrected chi connectivity index (χ2v) is 31.9. The van der Waals surface area contributed by atoms with E-state index in [4.69, 9.17) is 10.5 Å². The van der Waals surface area contributed by atoms with Crippen LogP contribution in [0.2, 0.25) is 0 Å². The van der Waals surface area contributed by atoms with E-state index in [1.807, 2.05) is 69.4 Å². The molecule has 88 heavy (non-hydrogen) atoms. The number of carbonyl (C=O) groups excluding carboxylic acids is 6. The maximum atomic E-state index is 14.4. The lowest BCUT2D eigenvalue weighted by molar-refractivity contribution is -0.144. The average Bonchev–Trinajstić information content (AvgIpc) is 1.61. The highest BCUT2D eigenvalue weighted by Gasteiger charge is 2.69. The SMILES string of the molecule is C=CCNC(=O)C(=O)[C@@H]1CCCCCCCCC[C@H](NC(=O)N[C@H](CN(C)S(=O)(=O)c2ccccn2)C(C)(C)C)C(=O)N2C[C@H]3[C@@H]([C@H]2C(=O)N1)C3(C)C.CN(C[C@@H](N)C(C)(C)C)S(=O)(=O)c1ccccn1.CNC[C@@H](NC(=O)OC(C)(C)C)C(C)(C)C.Cl. The van der Waals surface area contributed by atoms with E-state index < -0.39 is 78.9 Å². The lowest BCUT2D eigenvalue weighted by atomic mass is 9.86. The van der Waals surface area contributed by atoms with Crippen molar-refractivity contribution >= 4 is 68.1 Å². The summed E-state index contributed by atoms with van der Waals surface area (Å²) in [6.07, 6.45) is 10.5. The predicted molar refractivity (Wildman–Crippen MR) is 346 cm³/mol. The third-order valence-corrected chi connectivity index (χ3v) is 19.7. The molecule has 2 saturated heterocycles. The maximum Gasteiger partial charge on any atom is 0.407 e. The minimum atomic E-state index is -3.94. The van der Waals surface area contributed by atoms with Crippen LogP contribution < -0.4 is 37.6 Å². The molecule has 8 N–H and O–H groups in total. The van der Waals surface area contributed by atoms with Gasteiger partial charge in [-0.3, -0.25) is 19.2 Å². The van der Waals surface area contributed by atoms with E-state index in [1.54, 1.807) is 29.2 Å². The number of amides is 6. The molecule has 23 nitrogen and oxygen atoms in total. The molecule has 1 aliphatic carbocycles. The summed E-state index contributed by atoms with van der Waals surface area (Å²) in [5.74, 6) is -2.47. The van der Waals surface area contributed by atoms with Crippen LogP contribution in [0.4, 0.5) is 9.59 Å². The topological polar surface area (TPSA) is 314 Å². The number of hydrogen-bond acceptors (Lipinski definition) is 15. The van der Waals surface area contributed by atoms with Crippen LogP contribution in [0.25, 0.3) is 0 Å². The number of sulfonamides is 2. The molecule has 3 aliphatic rings. The highest BCUT2D eigenvalue weighted by atomic mass is 35.5. The summed E-state index contributed by atoms with van der Waals surface area (Å²) < 4.78 is 58.6. The minimum Gasteiger partial charge on any atom is -0.444 e. The fraction of sp³-hybridized carbons (Fsp3) is 0.710. The molecule has 0 aromatic carbocycles. The first-order valence-electron chi connectivity index (χ1n) is 30.4. The molecule has 3 fully saturated rings. The van der Waals surface area contributed by atoms with Crippen molar-refractivity contribution < 1.29 is 50.3 Å². The summed E-state index contributed by atoms with van der Waals surface area (Å²) >= 11 is 0. The van der Waals surface area contributed by atoms with Crippen LogP contribution in [0.15, 0.2) is 71.5 Å². The van der Waals surface area contributed by atoms with Crippen molar-refractivity contribution in [2.24, 2.45) is 39.2 Å². The number of aromatic nitrogens is 2. The van der Waals surface area contributed by atoms with Gasteiger partial charge in [-0.1, -0.05) is 139 Å². The Morgan fingerprint density at radius 1 is 0.773 bits per heavy atom. The molecule has 26 heteroatoms. The summed E-state index contributed by atoms with van der Waals surface area (Å²) in [4.78, 5) is 89.3. The summed E-state index contributed by atoms with van der Waals surface area (Å²) in [5, 5.41) is 17.1. The highest BCUT2D eigenvalue weighted by molar-refractivity contribution is 7.89. The Morgan fingerprint density at radius 2 is 1.27 bits per heavy atom. The van der Waals surface area contributed by atoms with Crippen molar-refractivity contribution in [2.45, 2.75) is 207 Å². The van der Waals surface area contributed by atoms with Crippen LogP contribution in [0, 0.1) is 33.5 Å². The molecular formula is C62H107ClN12O11S2. The molecule has 500 valence electrons. The fourth-order valence-electron chi connectivity index (χ4n) is 10.2. The molecule has 1 saturated carbocycles. The van der Waals surface area contributed by atoms with Gasteiger partial charge in [-0.2, -0.15) is 8.61 Å². The van der Waals surface area contributed by atoms with E-state index >= 15 is 0 Å². The minimum absolute atomic E-state index is 0. The number of nitrogens with one attached hydrogen (secondary N) is 6. The van der Waals surface area contributed by atoms with Crippen LogP contribution in [0.3, 0.4) is 0 Å². The van der Waals surface area contributed by atoms with Gasteiger partial charge in [0.05, 0.1) is 6.04 Å². The molecule has 0 unspecified atom stereocenters. The summed E-state index contributed by atoms with van der Waals surface area (Å²) in [6, 6.07) is 5.13. The number of urea groups is 1. The van der Waals surface area contributed by atoms with Crippen LogP contribution in [-0.4, -0.2) is 172 Å². The Morgan fingerprint density at radius 3 is 1.73 bits per heavy atom. The number of halogens is 1. The van der Waals surface area contributed by atoms with Crippen molar-refractivity contribution in [1.29, 1.82) is 0 Å². The first-order valence-corrected chi connectivity index (χ1v) is 33.3. The molecule has 2 aromatic rings. The van der Waals surface area contributed by atoms with E-state index in [0.29, 0.717) is 32.2 Å². The van der Waals surface area contributed by atoms with Gasteiger partial charge in [0.2, 0.25) is 17.6 Å². The lowest BCUT2D eigenvalue weighted by Gasteiger charge is -2.36. The van der Waals surface area contributed by atoms with Gasteiger partial charge in [0.1, 0.15) is 17.7 Å². The molecule has 6 amide bonds. The number of ketones is 1. The molecule has 8 atom stereocenters. The first kappa shape index (κ1) is 78.8. The Bertz CT molecular complexity index is 2820. The monoisotopic (exact) mass is 1290 g/mol. The number of carbonyl (C=O) groups is 6. The van der Waals surface area contributed by atoms with Gasteiger partial charge < -0.3 is 47.3 Å². The van der Waals surface area contributed by atoms with Crippen molar-refractivity contribution in [2.75, 3.05) is 53.9 Å². The van der Waals surface area contributed by atoms with Gasteiger partial charge in [-0.15, -0.1) is 19.0 Å². The molecule has 0 radical (unpaired) electrons. The van der Waals surface area contributed by atoms with E-state index in [-0.39, 0.29) is 94.3 Å². The molecule has 2 aliphatic heterocycles. The average molecular weight is 1300 g/mol. The first-order chi connectivity index (χ1) is 40.1. The Labute approximate surface area is 532 Å². The van der Waals surface area contributed by atoms with Gasteiger partial charge in [-0.05, 0) is 98.4 Å². The van der Waals surface area contributed by atoms with Crippen molar-refractivity contribution in [1.82, 2.24) is 55.4 Å². The Hall–Kier alpha value is -5.31. The number of fused-ring (bicyclic) bond motifs is 3. The number of nitrogens with two attached hydrogens (primary N) is 1. The lowest BCUT2D eigenvalue weighted by Crippen LogP contribution is -2.60. The highest BCUT2D eigenvalue weighted by Crippen LogP contribution is 2.65. The van der Waals surface area contributed by atoms with E-state index in [9.17, 15) is 45.6 Å². The number of likely N-dealkylation sites (N-methyl/N-ethyl adjacent to an activating group) is 3. The van der Waals surface area contributed by atoms with Gasteiger partial charge in [0.15, 0.2) is 10.1 Å². The summed E-state index contributed by atoms with van der Waals surface area (Å²) in [6.45, 7) is 32.5. The Balaban J connectivity index is 0.000000613. The largest absolute Gasteiger partial charge is 0.444 e. The van der Waals surface area contributed by atoms with Crippen LogP contribution >= 0.6 is 12.4 Å². The molecule has 5 rings (SSSR count). The van der Waals surface area contributed by atoms with E-state index in [1.165, 1.54) is 49.0 Å². The van der Waals surface area contributed by atoms with E-state index in [0.717, 1.165) is 43.0 Å². The smallest absolute Gasteiger partial charge is 0.407 e. The molecule has 0 bridgehead atoms. The van der Waals surface area contributed by atoms with Gasteiger partial charge >= 0.3 is 12.1 Å². The number of ether oxygens (including phenoxy) is 1. The summed E-state index contributed by atoms with van der Waals surface area (Å²) in [7, 11) is -2.66. The van der Waals surface area contributed by atoms with Crippen molar-refractivity contribution in [3.8, 4) is 0 Å². The van der Waals surface area contributed by atoms with E-state index in [2.05, 4.69) is 83.1 Å². The number of nitrogens with zero attached hydrogens (tertiary/aromatic N) is 5. The summed E-state index contributed by atoms with van der Waals surface area (Å²) in [5.41, 5.74) is 4.62. The quantitative estimate of drug-likeness (QED) is 0.0633. The number of piperidine rings is 1. The molecular weight excluding hydrogens is 1190 g/mol.